The van der Waals surface area contributed by atoms with Crippen LogP contribution in [0.2, 0.25) is 0 Å². The van der Waals surface area contributed by atoms with Gasteiger partial charge in [0.1, 0.15) is 5.76 Å². The number of carbonyl (C=O) groups excluding carboxylic acids is 1. The van der Waals surface area contributed by atoms with E-state index in [-0.39, 0.29) is 29.5 Å². The fourth-order valence-corrected chi connectivity index (χ4v) is 4.51. The van der Waals surface area contributed by atoms with Crippen LogP contribution in [-0.4, -0.2) is 42.6 Å². The highest BCUT2D eigenvalue weighted by Crippen LogP contribution is 2.26. The van der Waals surface area contributed by atoms with Crippen LogP contribution in [-0.2, 0) is 20.2 Å². The van der Waals surface area contributed by atoms with Crippen LogP contribution in [0.5, 0.6) is 0 Å². The van der Waals surface area contributed by atoms with E-state index in [1.807, 2.05) is 27.7 Å². The number of hydrogen-bond acceptors (Lipinski definition) is 5. The van der Waals surface area contributed by atoms with Crippen molar-refractivity contribution in [3.63, 3.8) is 0 Å². The molecule has 1 aliphatic heterocycles. The molecule has 1 aromatic heterocycles. The van der Waals surface area contributed by atoms with Gasteiger partial charge in [-0.25, -0.2) is 12.7 Å². The zero-order valence-corrected chi connectivity index (χ0v) is 16.4. The van der Waals surface area contributed by atoms with Crippen molar-refractivity contribution in [1.29, 1.82) is 0 Å². The van der Waals surface area contributed by atoms with Gasteiger partial charge in [-0.05, 0) is 19.3 Å². The number of unbranched alkanes of at least 4 members (excludes halogenated alkanes) is 1. The van der Waals surface area contributed by atoms with Crippen molar-refractivity contribution in [3.8, 4) is 0 Å². The minimum absolute atomic E-state index is 0.149. The van der Waals surface area contributed by atoms with Crippen LogP contribution in [0.25, 0.3) is 0 Å². The number of nitrogens with zero attached hydrogens (tertiary/aromatic N) is 2. The first-order chi connectivity index (χ1) is 11.6. The highest BCUT2D eigenvalue weighted by molar-refractivity contribution is 7.89. The summed E-state index contributed by atoms with van der Waals surface area (Å²) in [5, 5.41) is 6.64. The SMILES string of the molecule is CCCCS(=O)(=O)N1CCC[C@H](C(=O)Nc2cc(C(C)(C)C)on2)C1. The molecule has 0 aromatic carbocycles. The standard InChI is InChI=1S/C17H29N3O4S/c1-5-6-10-25(22,23)20-9-7-8-13(12-20)16(21)18-15-11-14(24-19-15)17(2,3)4/h11,13H,5-10,12H2,1-4H3,(H,18,19,21)/t13-/m0/s1. The van der Waals surface area contributed by atoms with E-state index >= 15 is 0 Å². The Morgan fingerprint density at radius 3 is 2.76 bits per heavy atom. The summed E-state index contributed by atoms with van der Waals surface area (Å²) in [7, 11) is -3.28. The number of amides is 1. The van der Waals surface area contributed by atoms with E-state index < -0.39 is 10.0 Å². The fraction of sp³-hybridized carbons (Fsp3) is 0.765. The number of anilines is 1. The molecule has 0 spiro atoms. The molecule has 1 atom stereocenters. The average Bonchev–Trinajstić information content (AvgIpc) is 3.02. The zero-order chi connectivity index (χ0) is 18.7. The second-order valence-corrected chi connectivity index (χ2v) is 9.77. The van der Waals surface area contributed by atoms with E-state index in [4.69, 9.17) is 4.52 Å². The number of carbonyl (C=O) groups is 1. The highest BCUT2D eigenvalue weighted by atomic mass is 32.2. The Balaban J connectivity index is 1.99. The maximum atomic E-state index is 12.5. The molecule has 2 heterocycles. The molecule has 1 fully saturated rings. The molecule has 1 aromatic rings. The third-order valence-electron chi connectivity index (χ3n) is 4.40. The summed E-state index contributed by atoms with van der Waals surface area (Å²) in [6, 6.07) is 1.72. The number of rotatable bonds is 6. The van der Waals surface area contributed by atoms with Gasteiger partial charge in [0.2, 0.25) is 15.9 Å². The Morgan fingerprint density at radius 1 is 1.44 bits per heavy atom. The number of hydrogen-bond donors (Lipinski definition) is 1. The predicted molar refractivity (Wildman–Crippen MR) is 96.8 cm³/mol. The van der Waals surface area contributed by atoms with Crippen LogP contribution < -0.4 is 5.32 Å². The summed E-state index contributed by atoms with van der Waals surface area (Å²) in [6.45, 7) is 8.69. The summed E-state index contributed by atoms with van der Waals surface area (Å²) in [5.41, 5.74) is -0.190. The third kappa shape index (κ3) is 5.28. The lowest BCUT2D eigenvalue weighted by Gasteiger charge is -2.31. The van der Waals surface area contributed by atoms with Gasteiger partial charge in [0.15, 0.2) is 5.82 Å². The molecule has 0 radical (unpaired) electrons. The molecule has 142 valence electrons. The van der Waals surface area contributed by atoms with Crippen LogP contribution >= 0.6 is 0 Å². The quantitative estimate of drug-likeness (QED) is 0.830. The minimum Gasteiger partial charge on any atom is -0.359 e. The van der Waals surface area contributed by atoms with E-state index in [0.29, 0.717) is 37.4 Å². The fourth-order valence-electron chi connectivity index (χ4n) is 2.78. The molecule has 0 bridgehead atoms. The number of nitrogens with one attached hydrogen (secondary N) is 1. The molecule has 1 N–H and O–H groups in total. The topological polar surface area (TPSA) is 92.5 Å². The third-order valence-corrected chi connectivity index (χ3v) is 6.33. The van der Waals surface area contributed by atoms with Gasteiger partial charge in [-0.15, -0.1) is 0 Å². The highest BCUT2D eigenvalue weighted by Gasteiger charge is 2.32. The number of aromatic nitrogens is 1. The van der Waals surface area contributed by atoms with Crippen LogP contribution in [0.3, 0.4) is 0 Å². The molecule has 2 rings (SSSR count). The number of piperidine rings is 1. The minimum atomic E-state index is -3.28. The summed E-state index contributed by atoms with van der Waals surface area (Å²) in [4.78, 5) is 12.5. The molecular formula is C17H29N3O4S. The van der Waals surface area contributed by atoms with Crippen molar-refractivity contribution in [2.45, 2.75) is 58.8 Å². The Bertz CT molecular complexity index is 691. The molecular weight excluding hydrogens is 342 g/mol. The van der Waals surface area contributed by atoms with E-state index in [0.717, 1.165) is 6.42 Å². The Labute approximate surface area is 150 Å². The maximum absolute atomic E-state index is 12.5. The normalized spacial score (nSPS) is 19.8. The molecule has 0 saturated carbocycles. The van der Waals surface area contributed by atoms with Gasteiger partial charge in [-0.3, -0.25) is 4.79 Å². The van der Waals surface area contributed by atoms with Crippen molar-refractivity contribution in [3.05, 3.63) is 11.8 Å². The second kappa shape index (κ2) is 7.86. The van der Waals surface area contributed by atoms with Crippen LogP contribution in [0.1, 0.15) is 59.1 Å². The smallest absolute Gasteiger partial charge is 0.230 e. The van der Waals surface area contributed by atoms with Crippen LogP contribution in [0.15, 0.2) is 10.6 Å². The Kier molecular flexibility index (Phi) is 6.26. The van der Waals surface area contributed by atoms with E-state index in [1.54, 1.807) is 6.07 Å². The molecule has 7 nitrogen and oxygen atoms in total. The van der Waals surface area contributed by atoms with Gasteiger partial charge < -0.3 is 9.84 Å². The summed E-state index contributed by atoms with van der Waals surface area (Å²) in [6.07, 6.45) is 2.84. The zero-order valence-electron chi connectivity index (χ0n) is 15.5. The van der Waals surface area contributed by atoms with Gasteiger partial charge >= 0.3 is 0 Å². The number of sulfonamides is 1. The van der Waals surface area contributed by atoms with E-state index in [1.165, 1.54) is 4.31 Å². The van der Waals surface area contributed by atoms with Gasteiger partial charge in [0.05, 0.1) is 11.7 Å². The molecule has 0 unspecified atom stereocenters. The monoisotopic (exact) mass is 371 g/mol. The lowest BCUT2D eigenvalue weighted by Crippen LogP contribution is -2.44. The first kappa shape index (κ1) is 19.9. The van der Waals surface area contributed by atoms with Gasteiger partial charge in [-0.2, -0.15) is 0 Å². The molecule has 1 aliphatic rings. The second-order valence-electron chi connectivity index (χ2n) is 7.68. The van der Waals surface area contributed by atoms with Crippen LogP contribution in [0.4, 0.5) is 5.82 Å². The molecule has 0 aliphatic carbocycles. The van der Waals surface area contributed by atoms with Gasteiger partial charge in [-0.1, -0.05) is 39.3 Å². The average molecular weight is 372 g/mol. The van der Waals surface area contributed by atoms with Crippen molar-refractivity contribution in [2.24, 2.45) is 5.92 Å². The van der Waals surface area contributed by atoms with Crippen LogP contribution in [0, 0.1) is 5.92 Å². The summed E-state index contributed by atoms with van der Waals surface area (Å²) >= 11 is 0. The predicted octanol–water partition coefficient (Wildman–Crippen LogP) is 2.75. The summed E-state index contributed by atoms with van der Waals surface area (Å²) in [5.74, 6) is 0.649. The summed E-state index contributed by atoms with van der Waals surface area (Å²) < 4.78 is 31.4. The molecule has 1 amide bonds. The maximum Gasteiger partial charge on any atom is 0.230 e. The van der Waals surface area contributed by atoms with Crippen molar-refractivity contribution >= 4 is 21.7 Å². The lowest BCUT2D eigenvalue weighted by molar-refractivity contribution is -0.120. The molecule has 1 saturated heterocycles. The van der Waals surface area contributed by atoms with Gasteiger partial charge in [0.25, 0.3) is 0 Å². The van der Waals surface area contributed by atoms with Crippen molar-refractivity contribution < 1.29 is 17.7 Å². The van der Waals surface area contributed by atoms with Crippen molar-refractivity contribution in [2.75, 3.05) is 24.2 Å². The van der Waals surface area contributed by atoms with Crippen molar-refractivity contribution in [1.82, 2.24) is 9.46 Å². The largest absolute Gasteiger partial charge is 0.359 e. The first-order valence-electron chi connectivity index (χ1n) is 8.89. The van der Waals surface area contributed by atoms with E-state index in [9.17, 15) is 13.2 Å². The molecule has 25 heavy (non-hydrogen) atoms. The lowest BCUT2D eigenvalue weighted by atomic mass is 9.93. The Hall–Kier alpha value is -1.41. The van der Waals surface area contributed by atoms with E-state index in [2.05, 4.69) is 10.5 Å². The Morgan fingerprint density at radius 2 is 2.16 bits per heavy atom. The molecule has 8 heteroatoms. The first-order valence-corrected chi connectivity index (χ1v) is 10.5. The van der Waals surface area contributed by atoms with Gasteiger partial charge in [0, 0.05) is 24.6 Å².